The molecule has 0 radical (unpaired) electrons. The van der Waals surface area contributed by atoms with E-state index in [1.807, 2.05) is 6.26 Å². The molecule has 2 aliphatic heterocycles. The number of nitrogens with zero attached hydrogens (tertiary/aromatic N) is 1. The first-order chi connectivity index (χ1) is 14.8. The Bertz CT molecular complexity index is 1150. The van der Waals surface area contributed by atoms with Gasteiger partial charge in [0.1, 0.15) is 0 Å². The van der Waals surface area contributed by atoms with E-state index in [0.29, 0.717) is 18.5 Å². The van der Waals surface area contributed by atoms with Crippen molar-refractivity contribution >= 4 is 45.2 Å². The van der Waals surface area contributed by atoms with Crippen molar-refractivity contribution in [3.63, 3.8) is 0 Å². The molecule has 0 bridgehead atoms. The van der Waals surface area contributed by atoms with Gasteiger partial charge < -0.3 is 5.32 Å². The summed E-state index contributed by atoms with van der Waals surface area (Å²) in [5.74, 6) is -1.50. The normalized spacial score (nSPS) is 17.3. The van der Waals surface area contributed by atoms with E-state index in [4.69, 9.17) is 0 Å². The Hall–Kier alpha value is -2.69. The quantitative estimate of drug-likeness (QED) is 0.524. The van der Waals surface area contributed by atoms with Gasteiger partial charge >= 0.3 is 0 Å². The largest absolute Gasteiger partial charge is 0.326 e. The summed E-state index contributed by atoms with van der Waals surface area (Å²) in [5, 5.41) is 4.98. The summed E-state index contributed by atoms with van der Waals surface area (Å²) < 4.78 is 27.2. The summed E-state index contributed by atoms with van der Waals surface area (Å²) in [6.07, 6.45) is 2.73. The molecule has 3 amide bonds. The summed E-state index contributed by atoms with van der Waals surface area (Å²) in [7, 11) is -3.60. The summed E-state index contributed by atoms with van der Waals surface area (Å²) in [6.45, 7) is 0.511. The second-order valence-corrected chi connectivity index (χ2v) is 10.2. The Labute approximate surface area is 184 Å². The van der Waals surface area contributed by atoms with E-state index < -0.39 is 21.8 Å². The zero-order valence-electron chi connectivity index (χ0n) is 16.8. The zero-order valence-corrected chi connectivity index (χ0v) is 18.4. The topological polar surface area (TPSA) is 113 Å². The molecule has 162 valence electrons. The maximum Gasteiger partial charge on any atom is 0.259 e. The Morgan fingerprint density at radius 3 is 2.32 bits per heavy atom. The van der Waals surface area contributed by atoms with Crippen LogP contribution in [0.1, 0.15) is 33.6 Å². The van der Waals surface area contributed by atoms with Gasteiger partial charge in [0.05, 0.1) is 16.0 Å². The fraction of sp³-hybridized carbons (Fsp3) is 0.286. The molecular formula is C21H21N3O5S2. The third-order valence-electron chi connectivity index (χ3n) is 5.53. The Morgan fingerprint density at radius 2 is 1.68 bits per heavy atom. The van der Waals surface area contributed by atoms with Crippen LogP contribution in [-0.4, -0.2) is 49.8 Å². The number of fused-ring (bicyclic) bond motifs is 1. The Balaban J connectivity index is 1.38. The number of imide groups is 1. The number of anilines is 1. The highest BCUT2D eigenvalue weighted by atomic mass is 32.2. The van der Waals surface area contributed by atoms with Crippen LogP contribution in [-0.2, 0) is 14.8 Å². The molecule has 0 unspecified atom stereocenters. The average Bonchev–Trinajstić information content (AvgIpc) is 3.06. The molecule has 4 rings (SSSR count). The molecule has 8 nitrogen and oxygen atoms in total. The lowest BCUT2D eigenvalue weighted by molar-refractivity contribution is -0.120. The van der Waals surface area contributed by atoms with Crippen molar-refractivity contribution in [2.24, 2.45) is 5.92 Å². The summed E-state index contributed by atoms with van der Waals surface area (Å²) >= 11 is 1.54. The first-order valence-corrected chi connectivity index (χ1v) is 12.4. The van der Waals surface area contributed by atoms with Gasteiger partial charge in [0.15, 0.2) is 0 Å². The van der Waals surface area contributed by atoms with E-state index in [1.165, 1.54) is 16.4 Å². The molecule has 1 saturated heterocycles. The number of piperidine rings is 1. The maximum absolute atomic E-state index is 12.9. The van der Waals surface area contributed by atoms with Gasteiger partial charge in [0.2, 0.25) is 15.9 Å². The van der Waals surface area contributed by atoms with Crippen LogP contribution in [0.2, 0.25) is 0 Å². The predicted octanol–water partition coefficient (Wildman–Crippen LogP) is 2.33. The standard InChI is InChI=1S/C21H21N3O5S2/c1-30-15-3-5-16(6-4-15)31(28,29)24-10-8-13(9-11-24)19(25)22-14-2-7-17-18(12-14)21(27)23-20(17)26/h2-7,12-13H,8-11H2,1H3,(H,22,25)(H,23,26,27). The number of thioether (sulfide) groups is 1. The monoisotopic (exact) mass is 459 g/mol. The van der Waals surface area contributed by atoms with Crippen LogP contribution in [0, 0.1) is 5.92 Å². The number of sulfonamides is 1. The number of nitrogens with one attached hydrogen (secondary N) is 2. The molecular weight excluding hydrogens is 438 g/mol. The number of benzene rings is 2. The third kappa shape index (κ3) is 4.23. The SMILES string of the molecule is CSc1ccc(S(=O)(=O)N2CCC(C(=O)Nc3ccc4c(c3)C(=O)NC4=O)CC2)cc1. The lowest BCUT2D eigenvalue weighted by atomic mass is 9.97. The third-order valence-corrected chi connectivity index (χ3v) is 8.18. The summed E-state index contributed by atoms with van der Waals surface area (Å²) in [5.41, 5.74) is 0.945. The van der Waals surface area contributed by atoms with Gasteiger partial charge in [-0.3, -0.25) is 19.7 Å². The Morgan fingerprint density at radius 1 is 1.03 bits per heavy atom. The smallest absolute Gasteiger partial charge is 0.259 e. The van der Waals surface area contributed by atoms with Crippen LogP contribution in [0.3, 0.4) is 0 Å². The molecule has 2 aliphatic rings. The lowest BCUT2D eigenvalue weighted by Gasteiger charge is -2.30. The fourth-order valence-electron chi connectivity index (χ4n) is 3.75. The van der Waals surface area contributed by atoms with E-state index in [-0.39, 0.29) is 40.9 Å². The number of carbonyl (C=O) groups excluding carboxylic acids is 3. The van der Waals surface area contributed by atoms with Gasteiger partial charge in [-0.25, -0.2) is 8.42 Å². The van der Waals surface area contributed by atoms with Gasteiger partial charge in [-0.15, -0.1) is 11.8 Å². The van der Waals surface area contributed by atoms with Crippen molar-refractivity contribution < 1.29 is 22.8 Å². The van der Waals surface area contributed by atoms with Gasteiger partial charge in [-0.1, -0.05) is 0 Å². The minimum atomic E-state index is -3.60. The molecule has 31 heavy (non-hydrogen) atoms. The molecule has 0 aromatic heterocycles. The lowest BCUT2D eigenvalue weighted by Crippen LogP contribution is -2.41. The zero-order chi connectivity index (χ0) is 22.2. The van der Waals surface area contributed by atoms with Crippen molar-refractivity contribution in [3.8, 4) is 0 Å². The van der Waals surface area contributed by atoms with Gasteiger partial charge in [0, 0.05) is 29.6 Å². The second-order valence-electron chi connectivity index (χ2n) is 7.39. The first kappa shape index (κ1) is 21.5. The molecule has 2 heterocycles. The number of hydrogen-bond acceptors (Lipinski definition) is 6. The second kappa shape index (κ2) is 8.45. The van der Waals surface area contributed by atoms with Gasteiger partial charge in [-0.2, -0.15) is 4.31 Å². The van der Waals surface area contributed by atoms with Crippen LogP contribution in [0.25, 0.3) is 0 Å². The highest BCUT2D eigenvalue weighted by Gasteiger charge is 2.32. The molecule has 2 aromatic rings. The number of carbonyl (C=O) groups is 3. The number of rotatable bonds is 5. The number of hydrogen-bond donors (Lipinski definition) is 2. The van der Waals surface area contributed by atoms with Crippen LogP contribution in [0.5, 0.6) is 0 Å². The molecule has 1 fully saturated rings. The molecule has 0 saturated carbocycles. The molecule has 2 N–H and O–H groups in total. The van der Waals surface area contributed by atoms with Crippen molar-refractivity contribution in [2.75, 3.05) is 24.7 Å². The summed E-state index contributed by atoms with van der Waals surface area (Å²) in [4.78, 5) is 37.3. The fourth-order valence-corrected chi connectivity index (χ4v) is 5.62. The minimum Gasteiger partial charge on any atom is -0.326 e. The molecule has 0 atom stereocenters. The van der Waals surface area contributed by atoms with Gasteiger partial charge in [0.25, 0.3) is 11.8 Å². The highest BCUT2D eigenvalue weighted by Crippen LogP contribution is 2.27. The Kier molecular flexibility index (Phi) is 5.87. The van der Waals surface area contributed by atoms with Crippen molar-refractivity contribution in [2.45, 2.75) is 22.6 Å². The summed E-state index contributed by atoms with van der Waals surface area (Å²) in [6, 6.07) is 11.3. The number of amides is 3. The van der Waals surface area contributed by atoms with E-state index in [1.54, 1.807) is 42.1 Å². The van der Waals surface area contributed by atoms with E-state index in [2.05, 4.69) is 10.6 Å². The molecule has 0 aliphatic carbocycles. The highest BCUT2D eigenvalue weighted by molar-refractivity contribution is 7.98. The van der Waals surface area contributed by atoms with Crippen LogP contribution >= 0.6 is 11.8 Å². The molecule has 2 aromatic carbocycles. The first-order valence-electron chi connectivity index (χ1n) is 9.74. The van der Waals surface area contributed by atoms with E-state index >= 15 is 0 Å². The maximum atomic E-state index is 12.9. The van der Waals surface area contributed by atoms with Crippen LogP contribution in [0.4, 0.5) is 5.69 Å². The average molecular weight is 460 g/mol. The van der Waals surface area contributed by atoms with Crippen LogP contribution in [0.15, 0.2) is 52.3 Å². The van der Waals surface area contributed by atoms with Gasteiger partial charge in [-0.05, 0) is 61.6 Å². The van der Waals surface area contributed by atoms with Crippen molar-refractivity contribution in [1.29, 1.82) is 0 Å². The molecule has 10 heteroatoms. The van der Waals surface area contributed by atoms with E-state index in [9.17, 15) is 22.8 Å². The minimum absolute atomic E-state index is 0.231. The van der Waals surface area contributed by atoms with E-state index in [0.717, 1.165) is 4.90 Å². The van der Waals surface area contributed by atoms with Crippen molar-refractivity contribution in [3.05, 3.63) is 53.6 Å². The van der Waals surface area contributed by atoms with Crippen LogP contribution < -0.4 is 10.6 Å². The van der Waals surface area contributed by atoms with Crippen molar-refractivity contribution in [1.82, 2.24) is 9.62 Å². The molecule has 0 spiro atoms. The predicted molar refractivity (Wildman–Crippen MR) is 117 cm³/mol.